The molecule has 0 fully saturated rings. The van der Waals surface area contributed by atoms with E-state index in [-0.39, 0.29) is 41.8 Å². The number of aliphatic imine (C=N–C) groups is 1. The van der Waals surface area contributed by atoms with Crippen molar-refractivity contribution >= 4 is 41.5 Å². The van der Waals surface area contributed by atoms with E-state index in [1.54, 1.807) is 6.07 Å². The Morgan fingerprint density at radius 2 is 1.92 bits per heavy atom. The van der Waals surface area contributed by atoms with Crippen LogP contribution < -0.4 is 20.7 Å². The lowest BCUT2D eigenvalue weighted by molar-refractivity contribution is -0.0504. The first-order chi connectivity index (χ1) is 11.7. The van der Waals surface area contributed by atoms with Crippen LogP contribution in [0.2, 0.25) is 5.02 Å². The van der Waals surface area contributed by atoms with Crippen LogP contribution in [0.15, 0.2) is 23.2 Å². The number of nitrogens with one attached hydrogen (secondary N) is 3. The van der Waals surface area contributed by atoms with Crippen molar-refractivity contribution in [2.45, 2.75) is 46.4 Å². The second-order valence-electron chi connectivity index (χ2n) is 6.43. The Hall–Kier alpha value is -0.870. The Bertz CT molecular complexity index is 568. The first kappa shape index (κ1) is 25.1. The fourth-order valence-corrected chi connectivity index (χ4v) is 2.20. The Balaban J connectivity index is 0.00000625. The van der Waals surface area contributed by atoms with Crippen molar-refractivity contribution in [3.8, 4) is 5.75 Å². The summed E-state index contributed by atoms with van der Waals surface area (Å²) in [6, 6.07) is 4.51. The van der Waals surface area contributed by atoms with E-state index in [1.807, 2.05) is 6.92 Å². The van der Waals surface area contributed by atoms with Gasteiger partial charge in [-0.25, -0.2) is 4.99 Å². The lowest BCUT2D eigenvalue weighted by Crippen LogP contribution is -2.44. The van der Waals surface area contributed by atoms with Gasteiger partial charge in [-0.3, -0.25) is 0 Å². The minimum atomic E-state index is -2.89. The van der Waals surface area contributed by atoms with Gasteiger partial charge >= 0.3 is 6.61 Å². The van der Waals surface area contributed by atoms with Gasteiger partial charge in [-0.2, -0.15) is 8.78 Å². The predicted molar refractivity (Wildman–Crippen MR) is 114 cm³/mol. The number of nitrogens with zero attached hydrogens (tertiary/aromatic N) is 1. The summed E-state index contributed by atoms with van der Waals surface area (Å²) in [6.07, 6.45) is 0. The molecule has 0 unspecified atom stereocenters. The predicted octanol–water partition coefficient (Wildman–Crippen LogP) is 4.00. The summed E-state index contributed by atoms with van der Waals surface area (Å²) in [6.45, 7) is 7.65. The highest BCUT2D eigenvalue weighted by Crippen LogP contribution is 2.25. The van der Waals surface area contributed by atoms with Crippen LogP contribution in [0, 0.1) is 0 Å². The minimum Gasteiger partial charge on any atom is -0.434 e. The second kappa shape index (κ2) is 12.5. The normalized spacial score (nSPS) is 11.9. The first-order valence-electron chi connectivity index (χ1n) is 8.21. The molecule has 26 heavy (non-hydrogen) atoms. The molecule has 0 saturated heterocycles. The van der Waals surface area contributed by atoms with Crippen LogP contribution in [0.4, 0.5) is 8.78 Å². The summed E-state index contributed by atoms with van der Waals surface area (Å²) in [7, 11) is 0. The largest absolute Gasteiger partial charge is 0.434 e. The number of alkyl halides is 2. The first-order valence-corrected chi connectivity index (χ1v) is 8.59. The van der Waals surface area contributed by atoms with E-state index in [0.29, 0.717) is 29.6 Å². The molecule has 3 N–H and O–H groups in total. The van der Waals surface area contributed by atoms with E-state index >= 15 is 0 Å². The highest BCUT2D eigenvalue weighted by Gasteiger charge is 2.11. The lowest BCUT2D eigenvalue weighted by atomic mass is 10.1. The molecule has 150 valence electrons. The van der Waals surface area contributed by atoms with Crippen LogP contribution in [-0.4, -0.2) is 37.7 Å². The van der Waals surface area contributed by atoms with Gasteiger partial charge in [0, 0.05) is 35.8 Å². The van der Waals surface area contributed by atoms with Crippen molar-refractivity contribution in [1.82, 2.24) is 16.0 Å². The van der Waals surface area contributed by atoms with E-state index in [1.165, 1.54) is 12.1 Å². The summed E-state index contributed by atoms with van der Waals surface area (Å²) >= 11 is 5.94. The molecule has 0 spiro atoms. The van der Waals surface area contributed by atoms with Crippen molar-refractivity contribution in [2.24, 2.45) is 4.99 Å². The standard InChI is InChI=1S/C17H27ClF2N4O.HI/c1-5-21-16(22-8-9-24-17(2,3)4)23-11-12-10-13(18)6-7-14(12)25-15(19)20;/h6-7,10,15,24H,5,8-9,11H2,1-4H3,(H2,21,22,23);1H. The van der Waals surface area contributed by atoms with Crippen LogP contribution in [-0.2, 0) is 6.54 Å². The van der Waals surface area contributed by atoms with Gasteiger partial charge in [0.15, 0.2) is 5.96 Å². The number of ether oxygens (including phenoxy) is 1. The van der Waals surface area contributed by atoms with Crippen LogP contribution in [0.1, 0.15) is 33.3 Å². The summed E-state index contributed by atoms with van der Waals surface area (Å²) in [5.41, 5.74) is 0.539. The summed E-state index contributed by atoms with van der Waals surface area (Å²) < 4.78 is 29.5. The molecular formula is C17H28ClF2IN4O. The third kappa shape index (κ3) is 11.0. The van der Waals surface area contributed by atoms with E-state index in [0.717, 1.165) is 6.54 Å². The Kier molecular flexibility index (Phi) is 12.1. The number of hydrogen-bond donors (Lipinski definition) is 3. The molecular weight excluding hydrogens is 477 g/mol. The zero-order valence-electron chi connectivity index (χ0n) is 15.5. The highest BCUT2D eigenvalue weighted by molar-refractivity contribution is 14.0. The number of guanidine groups is 1. The topological polar surface area (TPSA) is 57.7 Å². The molecule has 0 bridgehead atoms. The Morgan fingerprint density at radius 3 is 2.50 bits per heavy atom. The molecule has 0 radical (unpaired) electrons. The van der Waals surface area contributed by atoms with Gasteiger partial charge in [0.05, 0.1) is 6.54 Å². The maximum atomic E-state index is 12.5. The maximum Gasteiger partial charge on any atom is 0.387 e. The third-order valence-electron chi connectivity index (χ3n) is 3.06. The summed E-state index contributed by atoms with van der Waals surface area (Å²) in [5, 5.41) is 10.1. The molecule has 0 aliphatic rings. The van der Waals surface area contributed by atoms with Crippen molar-refractivity contribution in [1.29, 1.82) is 0 Å². The quantitative estimate of drug-likeness (QED) is 0.217. The monoisotopic (exact) mass is 504 g/mol. The van der Waals surface area contributed by atoms with Gasteiger partial charge < -0.3 is 20.7 Å². The fourth-order valence-electron chi connectivity index (χ4n) is 2.01. The molecule has 0 aliphatic heterocycles. The highest BCUT2D eigenvalue weighted by atomic mass is 127. The van der Waals surface area contributed by atoms with Crippen LogP contribution in [0.25, 0.3) is 0 Å². The van der Waals surface area contributed by atoms with Gasteiger partial charge in [-0.15, -0.1) is 24.0 Å². The van der Waals surface area contributed by atoms with E-state index in [9.17, 15) is 8.78 Å². The smallest absolute Gasteiger partial charge is 0.387 e. The summed E-state index contributed by atoms with van der Waals surface area (Å²) in [5.74, 6) is 0.676. The van der Waals surface area contributed by atoms with E-state index < -0.39 is 6.61 Å². The number of rotatable bonds is 8. The SMILES string of the molecule is CCNC(=NCc1cc(Cl)ccc1OC(F)F)NCCNC(C)(C)C.I. The molecule has 0 heterocycles. The number of benzene rings is 1. The van der Waals surface area contributed by atoms with Gasteiger partial charge in [0.25, 0.3) is 0 Å². The fraction of sp³-hybridized carbons (Fsp3) is 0.588. The number of hydrogen-bond acceptors (Lipinski definition) is 3. The molecule has 0 aromatic heterocycles. The van der Waals surface area contributed by atoms with E-state index in [2.05, 4.69) is 46.5 Å². The maximum absolute atomic E-state index is 12.5. The van der Waals surface area contributed by atoms with E-state index in [4.69, 9.17) is 11.6 Å². The molecule has 0 aliphatic carbocycles. The average Bonchev–Trinajstić information content (AvgIpc) is 2.50. The van der Waals surface area contributed by atoms with Gasteiger partial charge in [-0.05, 0) is 45.9 Å². The Labute approximate surface area is 176 Å². The molecule has 1 aromatic rings. The molecule has 0 atom stereocenters. The van der Waals surface area contributed by atoms with Crippen molar-refractivity contribution in [3.05, 3.63) is 28.8 Å². The number of halogens is 4. The molecule has 1 rings (SSSR count). The second-order valence-corrected chi connectivity index (χ2v) is 6.87. The van der Waals surface area contributed by atoms with Gasteiger partial charge in [0.1, 0.15) is 5.75 Å². The van der Waals surface area contributed by atoms with Crippen molar-refractivity contribution < 1.29 is 13.5 Å². The molecule has 5 nitrogen and oxygen atoms in total. The molecule has 9 heteroatoms. The zero-order valence-corrected chi connectivity index (χ0v) is 18.6. The van der Waals surface area contributed by atoms with Crippen LogP contribution in [0.5, 0.6) is 5.75 Å². The molecule has 1 aromatic carbocycles. The van der Waals surface area contributed by atoms with Crippen molar-refractivity contribution in [2.75, 3.05) is 19.6 Å². The minimum absolute atomic E-state index is 0. The third-order valence-corrected chi connectivity index (χ3v) is 3.30. The van der Waals surface area contributed by atoms with Crippen LogP contribution >= 0.6 is 35.6 Å². The van der Waals surface area contributed by atoms with Crippen molar-refractivity contribution in [3.63, 3.8) is 0 Å². The molecule has 0 saturated carbocycles. The van der Waals surface area contributed by atoms with Gasteiger partial charge in [-0.1, -0.05) is 11.6 Å². The van der Waals surface area contributed by atoms with Gasteiger partial charge in [0.2, 0.25) is 0 Å². The Morgan fingerprint density at radius 1 is 1.23 bits per heavy atom. The molecule has 0 amide bonds. The van der Waals surface area contributed by atoms with Crippen LogP contribution in [0.3, 0.4) is 0 Å². The zero-order chi connectivity index (χ0) is 18.9. The average molecular weight is 505 g/mol. The lowest BCUT2D eigenvalue weighted by Gasteiger charge is -2.21. The summed E-state index contributed by atoms with van der Waals surface area (Å²) in [4.78, 5) is 4.41.